The van der Waals surface area contributed by atoms with Gasteiger partial charge in [0.25, 0.3) is 0 Å². The van der Waals surface area contributed by atoms with E-state index in [1.807, 2.05) is 6.92 Å². The molecule has 0 radical (unpaired) electrons. The molecule has 6 heteroatoms. The Morgan fingerprint density at radius 3 is 1.42 bits per heavy atom. The van der Waals surface area contributed by atoms with Crippen LogP contribution in [0.25, 0.3) is 0 Å². The Labute approximate surface area is 115 Å². The van der Waals surface area contributed by atoms with Crippen molar-refractivity contribution in [2.24, 2.45) is 0 Å². The van der Waals surface area contributed by atoms with Crippen molar-refractivity contribution < 1.29 is 28.5 Å². The van der Waals surface area contributed by atoms with Gasteiger partial charge in [0.2, 0.25) is 0 Å². The van der Waals surface area contributed by atoms with Crippen molar-refractivity contribution in [2.75, 3.05) is 66.1 Å². The SMILES string of the molecule is CCOCCOCCOCCOCCOCC(C)=O. The fourth-order valence-electron chi connectivity index (χ4n) is 1.14. The largest absolute Gasteiger partial charge is 0.379 e. The lowest BCUT2D eigenvalue weighted by atomic mass is 10.5. The first-order valence-corrected chi connectivity index (χ1v) is 6.65. The minimum absolute atomic E-state index is 0.0210. The number of carbonyl (C=O) groups is 1. The van der Waals surface area contributed by atoms with Gasteiger partial charge in [-0.05, 0) is 13.8 Å². The molecule has 0 heterocycles. The first kappa shape index (κ1) is 18.5. The summed E-state index contributed by atoms with van der Waals surface area (Å²) in [6.07, 6.45) is 0. The van der Waals surface area contributed by atoms with E-state index in [9.17, 15) is 4.79 Å². The highest BCUT2D eigenvalue weighted by Gasteiger charge is 1.94. The van der Waals surface area contributed by atoms with Gasteiger partial charge >= 0.3 is 0 Å². The topological polar surface area (TPSA) is 63.2 Å². The standard InChI is InChI=1S/C13H26O6/c1-3-15-4-5-16-6-7-17-8-9-18-10-11-19-12-13(2)14/h3-12H2,1-2H3. The van der Waals surface area contributed by atoms with Crippen LogP contribution in [-0.2, 0) is 28.5 Å². The molecule has 0 N–H and O–H groups in total. The number of ether oxygens (including phenoxy) is 5. The highest BCUT2D eigenvalue weighted by atomic mass is 16.6. The molecule has 0 aliphatic rings. The van der Waals surface area contributed by atoms with Gasteiger partial charge in [0.15, 0.2) is 5.78 Å². The summed E-state index contributed by atoms with van der Waals surface area (Å²) in [5, 5.41) is 0. The predicted octanol–water partition coefficient (Wildman–Crippen LogP) is 0.678. The summed E-state index contributed by atoms with van der Waals surface area (Å²) in [6, 6.07) is 0. The summed E-state index contributed by atoms with van der Waals surface area (Å²) in [6.45, 7) is 8.60. The molecule has 19 heavy (non-hydrogen) atoms. The molecule has 0 aromatic carbocycles. The molecule has 0 atom stereocenters. The molecule has 0 saturated heterocycles. The zero-order valence-corrected chi connectivity index (χ0v) is 12.0. The number of Topliss-reactive ketones (excluding diaryl/α,β-unsaturated/α-hetero) is 1. The molecule has 0 spiro atoms. The van der Waals surface area contributed by atoms with Crippen LogP contribution in [0.1, 0.15) is 13.8 Å². The molecular formula is C13H26O6. The average molecular weight is 278 g/mol. The lowest BCUT2D eigenvalue weighted by Crippen LogP contribution is -2.14. The zero-order chi connectivity index (χ0) is 14.2. The normalized spacial score (nSPS) is 10.8. The van der Waals surface area contributed by atoms with E-state index >= 15 is 0 Å². The van der Waals surface area contributed by atoms with E-state index in [4.69, 9.17) is 23.7 Å². The van der Waals surface area contributed by atoms with Crippen LogP contribution in [0.3, 0.4) is 0 Å². The van der Waals surface area contributed by atoms with Crippen molar-refractivity contribution in [3.8, 4) is 0 Å². The van der Waals surface area contributed by atoms with E-state index < -0.39 is 0 Å². The van der Waals surface area contributed by atoms with E-state index in [0.29, 0.717) is 59.5 Å². The van der Waals surface area contributed by atoms with Gasteiger partial charge in [-0.1, -0.05) is 0 Å². The third kappa shape index (κ3) is 17.5. The van der Waals surface area contributed by atoms with E-state index in [0.717, 1.165) is 0 Å². The van der Waals surface area contributed by atoms with Crippen molar-refractivity contribution in [1.82, 2.24) is 0 Å². The molecule has 0 aromatic heterocycles. The number of hydrogen-bond acceptors (Lipinski definition) is 6. The van der Waals surface area contributed by atoms with Crippen LogP contribution in [0.15, 0.2) is 0 Å². The highest BCUT2D eigenvalue weighted by Crippen LogP contribution is 1.83. The van der Waals surface area contributed by atoms with Crippen LogP contribution < -0.4 is 0 Å². The van der Waals surface area contributed by atoms with Crippen LogP contribution in [0.4, 0.5) is 0 Å². The molecule has 0 rings (SSSR count). The molecule has 0 bridgehead atoms. The molecule has 0 aliphatic carbocycles. The van der Waals surface area contributed by atoms with Crippen LogP contribution in [0.2, 0.25) is 0 Å². The lowest BCUT2D eigenvalue weighted by molar-refractivity contribution is -0.122. The van der Waals surface area contributed by atoms with Crippen molar-refractivity contribution in [3.63, 3.8) is 0 Å². The highest BCUT2D eigenvalue weighted by molar-refractivity contribution is 5.76. The lowest BCUT2D eigenvalue weighted by Gasteiger charge is -2.07. The van der Waals surface area contributed by atoms with Gasteiger partial charge in [-0.25, -0.2) is 0 Å². The maximum Gasteiger partial charge on any atom is 0.155 e. The third-order valence-corrected chi connectivity index (χ3v) is 2.00. The first-order valence-electron chi connectivity index (χ1n) is 6.65. The fraction of sp³-hybridized carbons (Fsp3) is 0.923. The second-order valence-corrected chi connectivity index (χ2v) is 3.79. The Morgan fingerprint density at radius 1 is 0.684 bits per heavy atom. The van der Waals surface area contributed by atoms with E-state index in [1.54, 1.807) is 0 Å². The van der Waals surface area contributed by atoms with E-state index in [1.165, 1.54) is 6.92 Å². The van der Waals surface area contributed by atoms with Gasteiger partial charge in [0.05, 0.1) is 52.9 Å². The Kier molecular flexibility index (Phi) is 15.1. The summed E-state index contributed by atoms with van der Waals surface area (Å²) in [7, 11) is 0. The Balaban J connectivity index is 2.93. The summed E-state index contributed by atoms with van der Waals surface area (Å²) in [5.74, 6) is 0.0210. The molecule has 0 saturated carbocycles. The molecule has 114 valence electrons. The third-order valence-electron chi connectivity index (χ3n) is 2.00. The van der Waals surface area contributed by atoms with Gasteiger partial charge in [-0.3, -0.25) is 4.79 Å². The Morgan fingerprint density at radius 2 is 1.05 bits per heavy atom. The first-order chi connectivity index (χ1) is 9.27. The summed E-state index contributed by atoms with van der Waals surface area (Å²) >= 11 is 0. The molecule has 0 fully saturated rings. The maximum absolute atomic E-state index is 10.6. The minimum atomic E-state index is 0.0210. The molecule has 6 nitrogen and oxygen atoms in total. The molecule has 0 aliphatic heterocycles. The van der Waals surface area contributed by atoms with Gasteiger partial charge in [0, 0.05) is 6.61 Å². The summed E-state index contributed by atoms with van der Waals surface area (Å²) in [5.41, 5.74) is 0. The number of carbonyl (C=O) groups excluding carboxylic acids is 1. The smallest absolute Gasteiger partial charge is 0.155 e. The van der Waals surface area contributed by atoms with Crippen LogP contribution >= 0.6 is 0 Å². The van der Waals surface area contributed by atoms with Gasteiger partial charge in [-0.2, -0.15) is 0 Å². The van der Waals surface area contributed by atoms with Crippen molar-refractivity contribution in [3.05, 3.63) is 0 Å². The molecule has 0 amide bonds. The molecular weight excluding hydrogens is 252 g/mol. The van der Waals surface area contributed by atoms with E-state index in [2.05, 4.69) is 0 Å². The second kappa shape index (κ2) is 15.5. The average Bonchev–Trinajstić information content (AvgIpc) is 2.39. The fourth-order valence-corrected chi connectivity index (χ4v) is 1.14. The maximum atomic E-state index is 10.6. The Hall–Kier alpha value is -0.530. The second-order valence-electron chi connectivity index (χ2n) is 3.79. The van der Waals surface area contributed by atoms with Crippen molar-refractivity contribution in [1.29, 1.82) is 0 Å². The number of ketones is 1. The summed E-state index contributed by atoms with van der Waals surface area (Å²) in [4.78, 5) is 10.6. The van der Waals surface area contributed by atoms with Gasteiger partial charge in [-0.15, -0.1) is 0 Å². The predicted molar refractivity (Wildman–Crippen MR) is 70.5 cm³/mol. The van der Waals surface area contributed by atoms with Crippen LogP contribution in [0, 0.1) is 0 Å². The molecule has 0 aromatic rings. The summed E-state index contributed by atoms with van der Waals surface area (Å²) < 4.78 is 26.0. The quantitative estimate of drug-likeness (QED) is 0.410. The zero-order valence-electron chi connectivity index (χ0n) is 12.0. The number of hydrogen-bond donors (Lipinski definition) is 0. The Bertz CT molecular complexity index is 198. The van der Waals surface area contributed by atoms with Crippen LogP contribution in [-0.4, -0.2) is 71.9 Å². The minimum Gasteiger partial charge on any atom is -0.379 e. The van der Waals surface area contributed by atoms with E-state index in [-0.39, 0.29) is 12.4 Å². The van der Waals surface area contributed by atoms with Crippen molar-refractivity contribution >= 4 is 5.78 Å². The number of rotatable bonds is 15. The van der Waals surface area contributed by atoms with Crippen molar-refractivity contribution in [2.45, 2.75) is 13.8 Å². The van der Waals surface area contributed by atoms with Gasteiger partial charge in [0.1, 0.15) is 6.61 Å². The van der Waals surface area contributed by atoms with Gasteiger partial charge < -0.3 is 23.7 Å². The van der Waals surface area contributed by atoms with Crippen LogP contribution in [0.5, 0.6) is 0 Å². The molecule has 0 unspecified atom stereocenters. The monoisotopic (exact) mass is 278 g/mol.